The van der Waals surface area contributed by atoms with Gasteiger partial charge in [-0.1, -0.05) is 13.8 Å². The van der Waals surface area contributed by atoms with Gasteiger partial charge in [-0.3, -0.25) is 0 Å². The van der Waals surface area contributed by atoms with E-state index in [-0.39, 0.29) is 0 Å². The van der Waals surface area contributed by atoms with E-state index in [1.165, 1.54) is 0 Å². The molecule has 0 spiro atoms. The summed E-state index contributed by atoms with van der Waals surface area (Å²) in [5.41, 5.74) is 1.17. The quantitative estimate of drug-likeness (QED) is 0.919. The maximum absolute atomic E-state index is 10.3. The van der Waals surface area contributed by atoms with Crippen LogP contribution in [0.3, 0.4) is 0 Å². The summed E-state index contributed by atoms with van der Waals surface area (Å²) in [6, 6.07) is 7.84. The molecule has 20 heavy (non-hydrogen) atoms. The Labute approximate surface area is 124 Å². The maximum Gasteiger partial charge on any atom is 0.123 e. The van der Waals surface area contributed by atoms with Crippen LogP contribution in [-0.2, 0) is 5.60 Å². The van der Waals surface area contributed by atoms with E-state index in [9.17, 15) is 5.11 Å². The fourth-order valence-corrected chi connectivity index (χ4v) is 3.25. The smallest absolute Gasteiger partial charge is 0.123 e. The molecule has 0 atom stereocenters. The van der Waals surface area contributed by atoms with Gasteiger partial charge >= 0.3 is 0 Å². The van der Waals surface area contributed by atoms with Gasteiger partial charge in [0.1, 0.15) is 10.8 Å². The Bertz CT molecular complexity index is 580. The van der Waals surface area contributed by atoms with E-state index in [0.717, 1.165) is 26.9 Å². The fourth-order valence-electron chi connectivity index (χ4n) is 2.02. The van der Waals surface area contributed by atoms with Crippen LogP contribution in [0.1, 0.15) is 44.2 Å². The molecule has 0 radical (unpaired) electrons. The zero-order valence-corrected chi connectivity index (χ0v) is 13.4. The lowest BCUT2D eigenvalue weighted by Gasteiger charge is -2.17. The average molecular weight is 291 g/mol. The third-order valence-electron chi connectivity index (χ3n) is 3.09. The van der Waals surface area contributed by atoms with Gasteiger partial charge in [-0.05, 0) is 44.0 Å². The van der Waals surface area contributed by atoms with Crippen molar-refractivity contribution in [1.29, 1.82) is 0 Å². The molecule has 2 rings (SSSR count). The molecule has 2 aromatic rings. The van der Waals surface area contributed by atoms with Crippen LogP contribution in [0.5, 0.6) is 5.75 Å². The first-order valence-electron chi connectivity index (χ1n) is 6.71. The number of ether oxygens (including phenoxy) is 1. The molecule has 0 saturated heterocycles. The highest BCUT2D eigenvalue weighted by Gasteiger charge is 2.26. The van der Waals surface area contributed by atoms with Gasteiger partial charge in [0.05, 0.1) is 23.3 Å². The molecule has 0 amide bonds. The SMILES string of the molecule is COc1ccc(-c2nc(C(C)C)c(C(C)(C)O)s2)cc1. The second kappa shape index (κ2) is 5.54. The summed E-state index contributed by atoms with van der Waals surface area (Å²) >= 11 is 1.56. The second-order valence-electron chi connectivity index (χ2n) is 5.68. The molecule has 0 fully saturated rings. The summed E-state index contributed by atoms with van der Waals surface area (Å²) in [6.07, 6.45) is 0. The van der Waals surface area contributed by atoms with E-state index < -0.39 is 5.60 Å². The largest absolute Gasteiger partial charge is 0.497 e. The molecule has 0 aliphatic rings. The number of thiazole rings is 1. The molecule has 1 heterocycles. The molecular weight excluding hydrogens is 270 g/mol. The Morgan fingerprint density at radius 3 is 2.20 bits per heavy atom. The Balaban J connectivity index is 2.47. The average Bonchev–Trinajstić information content (AvgIpc) is 2.84. The van der Waals surface area contributed by atoms with Crippen molar-refractivity contribution in [3.8, 4) is 16.3 Å². The number of aliphatic hydroxyl groups is 1. The van der Waals surface area contributed by atoms with E-state index in [1.54, 1.807) is 18.4 Å². The number of hydrogen-bond acceptors (Lipinski definition) is 4. The molecule has 0 saturated carbocycles. The number of rotatable bonds is 4. The highest BCUT2D eigenvalue weighted by atomic mass is 32.1. The van der Waals surface area contributed by atoms with Gasteiger partial charge in [0.25, 0.3) is 0 Å². The monoisotopic (exact) mass is 291 g/mol. The maximum atomic E-state index is 10.3. The number of methoxy groups -OCH3 is 1. The minimum Gasteiger partial charge on any atom is -0.497 e. The molecular formula is C16H21NO2S. The fraction of sp³-hybridized carbons (Fsp3) is 0.438. The molecule has 0 aliphatic heterocycles. The summed E-state index contributed by atoms with van der Waals surface area (Å²) in [5.74, 6) is 1.12. The number of benzene rings is 1. The van der Waals surface area contributed by atoms with Crippen LogP contribution in [0.25, 0.3) is 10.6 Å². The zero-order chi connectivity index (χ0) is 14.9. The Morgan fingerprint density at radius 2 is 1.80 bits per heavy atom. The van der Waals surface area contributed by atoms with Crippen molar-refractivity contribution < 1.29 is 9.84 Å². The summed E-state index contributed by atoms with van der Waals surface area (Å²) in [5, 5.41) is 11.2. The van der Waals surface area contributed by atoms with Crippen molar-refractivity contribution in [1.82, 2.24) is 4.98 Å². The van der Waals surface area contributed by atoms with Crippen LogP contribution in [0.2, 0.25) is 0 Å². The predicted octanol–water partition coefficient (Wildman–Crippen LogP) is 4.17. The molecule has 108 valence electrons. The molecule has 1 aromatic carbocycles. The van der Waals surface area contributed by atoms with E-state index in [1.807, 2.05) is 38.1 Å². The molecule has 0 bridgehead atoms. The topological polar surface area (TPSA) is 42.4 Å². The number of aromatic nitrogens is 1. The Morgan fingerprint density at radius 1 is 1.20 bits per heavy atom. The lowest BCUT2D eigenvalue weighted by molar-refractivity contribution is 0.0811. The van der Waals surface area contributed by atoms with Crippen LogP contribution < -0.4 is 4.74 Å². The lowest BCUT2D eigenvalue weighted by atomic mass is 10.0. The van der Waals surface area contributed by atoms with Crippen LogP contribution >= 0.6 is 11.3 Å². The van der Waals surface area contributed by atoms with Gasteiger partial charge in [0, 0.05) is 5.56 Å². The van der Waals surface area contributed by atoms with Crippen molar-refractivity contribution in [3.63, 3.8) is 0 Å². The van der Waals surface area contributed by atoms with E-state index >= 15 is 0 Å². The standard InChI is InChI=1S/C16H21NO2S/c1-10(2)13-14(16(3,4)18)20-15(17-13)11-6-8-12(19-5)9-7-11/h6-10,18H,1-5H3. The minimum absolute atomic E-state index is 0.291. The molecule has 0 unspecified atom stereocenters. The third-order valence-corrected chi connectivity index (χ3v) is 4.53. The van der Waals surface area contributed by atoms with E-state index in [4.69, 9.17) is 9.72 Å². The molecule has 4 heteroatoms. The normalized spacial score (nSPS) is 11.9. The van der Waals surface area contributed by atoms with Gasteiger partial charge in [0.15, 0.2) is 0 Å². The summed E-state index contributed by atoms with van der Waals surface area (Å²) < 4.78 is 5.17. The van der Waals surface area contributed by atoms with Crippen molar-refractivity contribution in [2.45, 2.75) is 39.2 Å². The van der Waals surface area contributed by atoms with Gasteiger partial charge in [-0.25, -0.2) is 4.98 Å². The highest BCUT2D eigenvalue weighted by molar-refractivity contribution is 7.15. The van der Waals surface area contributed by atoms with Gasteiger partial charge in [-0.15, -0.1) is 11.3 Å². The number of nitrogens with zero attached hydrogens (tertiary/aromatic N) is 1. The summed E-state index contributed by atoms with van der Waals surface area (Å²) in [7, 11) is 1.65. The highest BCUT2D eigenvalue weighted by Crippen LogP contribution is 2.38. The van der Waals surface area contributed by atoms with Crippen molar-refractivity contribution >= 4 is 11.3 Å². The Kier molecular flexibility index (Phi) is 4.16. The molecule has 1 N–H and O–H groups in total. The molecule has 0 aliphatic carbocycles. The van der Waals surface area contributed by atoms with Crippen LogP contribution in [-0.4, -0.2) is 17.2 Å². The first kappa shape index (κ1) is 15.0. The zero-order valence-electron chi connectivity index (χ0n) is 12.6. The van der Waals surface area contributed by atoms with Gasteiger partial charge in [0.2, 0.25) is 0 Å². The Hall–Kier alpha value is -1.39. The first-order valence-corrected chi connectivity index (χ1v) is 7.52. The first-order chi connectivity index (χ1) is 9.32. The summed E-state index contributed by atoms with van der Waals surface area (Å²) in [6.45, 7) is 7.82. The molecule has 1 aromatic heterocycles. The predicted molar refractivity (Wildman–Crippen MR) is 83.4 cm³/mol. The van der Waals surface area contributed by atoms with Crippen LogP contribution in [0, 0.1) is 0 Å². The van der Waals surface area contributed by atoms with Gasteiger partial charge in [-0.2, -0.15) is 0 Å². The van der Waals surface area contributed by atoms with Crippen molar-refractivity contribution in [2.75, 3.05) is 7.11 Å². The van der Waals surface area contributed by atoms with Crippen molar-refractivity contribution in [3.05, 3.63) is 34.8 Å². The molecule has 3 nitrogen and oxygen atoms in total. The lowest BCUT2D eigenvalue weighted by Crippen LogP contribution is -2.16. The summed E-state index contributed by atoms with van der Waals surface area (Å²) in [4.78, 5) is 5.66. The van der Waals surface area contributed by atoms with Crippen LogP contribution in [0.15, 0.2) is 24.3 Å². The number of hydrogen-bond donors (Lipinski definition) is 1. The van der Waals surface area contributed by atoms with Gasteiger partial charge < -0.3 is 9.84 Å². The van der Waals surface area contributed by atoms with Crippen LogP contribution in [0.4, 0.5) is 0 Å². The van der Waals surface area contributed by atoms with Crippen molar-refractivity contribution in [2.24, 2.45) is 0 Å². The van der Waals surface area contributed by atoms with E-state index in [2.05, 4.69) is 13.8 Å². The second-order valence-corrected chi connectivity index (χ2v) is 6.67. The van der Waals surface area contributed by atoms with E-state index in [0.29, 0.717) is 5.92 Å². The third kappa shape index (κ3) is 3.02. The minimum atomic E-state index is -0.859.